The normalized spacial score (nSPS) is 16.7. The first kappa shape index (κ1) is 19.3. The van der Waals surface area contributed by atoms with Crippen LogP contribution < -0.4 is 4.90 Å². The van der Waals surface area contributed by atoms with Gasteiger partial charge in [0, 0.05) is 11.7 Å². The number of hydrogen-bond acceptors (Lipinski definition) is 3. The van der Waals surface area contributed by atoms with E-state index < -0.39 is 0 Å². The van der Waals surface area contributed by atoms with E-state index >= 15 is 0 Å². The van der Waals surface area contributed by atoms with Gasteiger partial charge in [-0.1, -0.05) is 36.4 Å². The minimum Gasteiger partial charge on any atom is -0.361 e. The average Bonchev–Trinajstić information content (AvgIpc) is 3.38. The maximum absolute atomic E-state index is 13.3. The van der Waals surface area contributed by atoms with Gasteiger partial charge in [-0.15, -0.1) is 0 Å². The number of H-pyrrole nitrogens is 1. The Kier molecular flexibility index (Phi) is 5.14. The fourth-order valence-electron chi connectivity index (χ4n) is 3.45. The lowest BCUT2D eigenvalue weighted by Gasteiger charge is -2.15. The SMILES string of the molecule is O=C1/C(=C/c2ccc3[nH]ccc3c2)S/C(=N\Cc2ccc(F)cc2)N1c1ccccc1. The quantitative estimate of drug-likeness (QED) is 0.407. The highest BCUT2D eigenvalue weighted by atomic mass is 32.2. The molecule has 0 spiro atoms. The number of carbonyl (C=O) groups excluding carboxylic acids is 1. The van der Waals surface area contributed by atoms with Crippen LogP contribution in [0.15, 0.2) is 95.0 Å². The Hall–Kier alpha value is -3.64. The molecule has 1 amide bonds. The van der Waals surface area contributed by atoms with Crippen LogP contribution in [0.5, 0.6) is 0 Å². The van der Waals surface area contributed by atoms with E-state index in [1.807, 2.05) is 66.9 Å². The van der Waals surface area contributed by atoms with Crippen molar-refractivity contribution in [3.8, 4) is 0 Å². The summed E-state index contributed by atoms with van der Waals surface area (Å²) >= 11 is 1.35. The number of benzene rings is 3. The first-order chi connectivity index (χ1) is 15.2. The van der Waals surface area contributed by atoms with Crippen LogP contribution in [-0.2, 0) is 11.3 Å². The molecule has 5 rings (SSSR count). The number of aromatic nitrogens is 1. The van der Waals surface area contributed by atoms with Gasteiger partial charge in [-0.2, -0.15) is 0 Å². The van der Waals surface area contributed by atoms with Gasteiger partial charge >= 0.3 is 0 Å². The summed E-state index contributed by atoms with van der Waals surface area (Å²) in [5.41, 5.74) is 3.66. The zero-order valence-electron chi connectivity index (χ0n) is 16.5. The number of nitrogens with zero attached hydrogens (tertiary/aromatic N) is 2. The molecule has 1 saturated heterocycles. The lowest BCUT2D eigenvalue weighted by Crippen LogP contribution is -2.28. The molecule has 0 bridgehead atoms. The Morgan fingerprint density at radius 2 is 1.81 bits per heavy atom. The van der Waals surface area contributed by atoms with E-state index in [0.717, 1.165) is 27.7 Å². The monoisotopic (exact) mass is 427 g/mol. The Bertz CT molecular complexity index is 1310. The Balaban J connectivity index is 1.50. The van der Waals surface area contributed by atoms with Gasteiger partial charge in [-0.3, -0.25) is 14.7 Å². The summed E-state index contributed by atoms with van der Waals surface area (Å²) in [5, 5.41) is 1.70. The van der Waals surface area contributed by atoms with Crippen LogP contribution in [0.4, 0.5) is 10.1 Å². The van der Waals surface area contributed by atoms with Crippen LogP contribution in [0.1, 0.15) is 11.1 Å². The molecule has 1 aliphatic heterocycles. The largest absolute Gasteiger partial charge is 0.361 e. The second-order valence-electron chi connectivity index (χ2n) is 7.14. The molecular formula is C25H18FN3OS. The molecule has 0 aliphatic carbocycles. The van der Waals surface area contributed by atoms with Crippen LogP contribution >= 0.6 is 11.8 Å². The van der Waals surface area contributed by atoms with Crippen molar-refractivity contribution >= 4 is 45.5 Å². The van der Waals surface area contributed by atoms with Crippen molar-refractivity contribution in [3.05, 3.63) is 107 Å². The summed E-state index contributed by atoms with van der Waals surface area (Å²) in [6.45, 7) is 0.363. The molecule has 4 aromatic rings. The van der Waals surface area contributed by atoms with Crippen molar-refractivity contribution in [1.29, 1.82) is 0 Å². The minimum absolute atomic E-state index is 0.108. The molecule has 1 fully saturated rings. The smallest absolute Gasteiger partial charge is 0.271 e. The Labute approximate surface area is 183 Å². The molecule has 3 aromatic carbocycles. The summed E-state index contributed by atoms with van der Waals surface area (Å²) < 4.78 is 13.2. The highest BCUT2D eigenvalue weighted by Gasteiger charge is 2.34. The third kappa shape index (κ3) is 4.02. The average molecular weight is 428 g/mol. The molecule has 0 atom stereocenters. The lowest BCUT2D eigenvalue weighted by atomic mass is 10.1. The van der Waals surface area contributed by atoms with Crippen molar-refractivity contribution in [2.24, 2.45) is 4.99 Å². The van der Waals surface area contributed by atoms with Crippen molar-refractivity contribution in [2.45, 2.75) is 6.54 Å². The van der Waals surface area contributed by atoms with Crippen molar-refractivity contribution in [2.75, 3.05) is 4.90 Å². The number of amides is 1. The van der Waals surface area contributed by atoms with Crippen LogP contribution in [0.3, 0.4) is 0 Å². The summed E-state index contributed by atoms with van der Waals surface area (Å²) in [6.07, 6.45) is 3.80. The molecule has 152 valence electrons. The van der Waals surface area contributed by atoms with Crippen LogP contribution in [0, 0.1) is 5.82 Å². The number of para-hydroxylation sites is 1. The number of aromatic amines is 1. The molecule has 6 heteroatoms. The number of nitrogens with one attached hydrogen (secondary N) is 1. The number of aliphatic imine (C=N–C) groups is 1. The molecule has 0 saturated carbocycles. The van der Waals surface area contributed by atoms with Gasteiger partial charge in [-0.25, -0.2) is 4.39 Å². The predicted octanol–water partition coefficient (Wildman–Crippen LogP) is 5.98. The lowest BCUT2D eigenvalue weighted by molar-refractivity contribution is -0.113. The molecule has 0 unspecified atom stereocenters. The van der Waals surface area contributed by atoms with Gasteiger partial charge in [0.05, 0.1) is 17.1 Å². The van der Waals surface area contributed by atoms with Gasteiger partial charge in [0.1, 0.15) is 5.82 Å². The Morgan fingerprint density at radius 1 is 1.00 bits per heavy atom. The van der Waals surface area contributed by atoms with E-state index in [1.165, 1.54) is 23.9 Å². The second kappa shape index (κ2) is 8.24. The Morgan fingerprint density at radius 3 is 2.61 bits per heavy atom. The van der Waals surface area contributed by atoms with E-state index in [0.29, 0.717) is 16.6 Å². The van der Waals surface area contributed by atoms with Crippen LogP contribution in [-0.4, -0.2) is 16.1 Å². The highest BCUT2D eigenvalue weighted by molar-refractivity contribution is 8.19. The number of fused-ring (bicyclic) bond motifs is 1. The molecular weight excluding hydrogens is 409 g/mol. The first-order valence-corrected chi connectivity index (χ1v) is 10.6. The van der Waals surface area contributed by atoms with Crippen LogP contribution in [0.25, 0.3) is 17.0 Å². The molecule has 2 heterocycles. The molecule has 1 aliphatic rings. The van der Waals surface area contributed by atoms with Gasteiger partial charge in [0.2, 0.25) is 0 Å². The van der Waals surface area contributed by atoms with E-state index in [1.54, 1.807) is 17.0 Å². The number of amidine groups is 1. The molecule has 31 heavy (non-hydrogen) atoms. The van der Waals surface area contributed by atoms with E-state index in [2.05, 4.69) is 9.98 Å². The van der Waals surface area contributed by atoms with E-state index in [4.69, 9.17) is 0 Å². The molecule has 4 nitrogen and oxygen atoms in total. The summed E-state index contributed by atoms with van der Waals surface area (Å²) in [5.74, 6) is -0.388. The fourth-order valence-corrected chi connectivity index (χ4v) is 4.42. The third-order valence-corrected chi connectivity index (χ3v) is 6.01. The van der Waals surface area contributed by atoms with E-state index in [-0.39, 0.29) is 11.7 Å². The number of hydrogen-bond donors (Lipinski definition) is 1. The van der Waals surface area contributed by atoms with E-state index in [9.17, 15) is 9.18 Å². The van der Waals surface area contributed by atoms with Crippen LogP contribution in [0.2, 0.25) is 0 Å². The van der Waals surface area contributed by atoms with Gasteiger partial charge in [-0.05, 0) is 76.8 Å². The van der Waals surface area contributed by atoms with Crippen molar-refractivity contribution in [3.63, 3.8) is 0 Å². The fraction of sp³-hybridized carbons (Fsp3) is 0.0400. The number of rotatable bonds is 4. The summed E-state index contributed by atoms with van der Waals surface area (Å²) in [6, 6.07) is 23.8. The second-order valence-corrected chi connectivity index (χ2v) is 8.15. The number of thioether (sulfide) groups is 1. The van der Waals surface area contributed by atoms with Crippen molar-refractivity contribution in [1.82, 2.24) is 4.98 Å². The third-order valence-electron chi connectivity index (χ3n) is 5.01. The van der Waals surface area contributed by atoms with Gasteiger partial charge < -0.3 is 4.98 Å². The topological polar surface area (TPSA) is 48.5 Å². The number of carbonyl (C=O) groups is 1. The van der Waals surface area contributed by atoms with Crippen molar-refractivity contribution < 1.29 is 9.18 Å². The standard InChI is InChI=1S/C25H18FN3OS/c26-20-9-6-17(7-10-20)16-28-25-29(21-4-2-1-3-5-21)24(30)23(31-25)15-18-8-11-22-19(14-18)12-13-27-22/h1-15,27H,16H2/b23-15-,28-25-. The predicted molar refractivity (Wildman–Crippen MR) is 125 cm³/mol. The first-order valence-electron chi connectivity index (χ1n) is 9.82. The maximum Gasteiger partial charge on any atom is 0.271 e. The van der Waals surface area contributed by atoms with Gasteiger partial charge in [0.25, 0.3) is 5.91 Å². The maximum atomic E-state index is 13.3. The molecule has 1 N–H and O–H groups in total. The van der Waals surface area contributed by atoms with Gasteiger partial charge in [0.15, 0.2) is 5.17 Å². The highest BCUT2D eigenvalue weighted by Crippen LogP contribution is 2.36. The number of halogens is 1. The minimum atomic E-state index is -0.280. The zero-order valence-corrected chi connectivity index (χ0v) is 17.3. The summed E-state index contributed by atoms with van der Waals surface area (Å²) in [4.78, 5) is 23.4. The zero-order chi connectivity index (χ0) is 21.2. The summed E-state index contributed by atoms with van der Waals surface area (Å²) in [7, 11) is 0. The molecule has 1 aromatic heterocycles. The number of anilines is 1. The molecule has 0 radical (unpaired) electrons.